The van der Waals surface area contributed by atoms with Crippen LogP contribution in [0.3, 0.4) is 0 Å². The van der Waals surface area contributed by atoms with E-state index in [4.69, 9.17) is 22.1 Å². The van der Waals surface area contributed by atoms with Crippen molar-refractivity contribution < 1.29 is 4.74 Å². The van der Waals surface area contributed by atoms with Crippen LogP contribution in [0.25, 0.3) is 10.9 Å². The molecule has 2 N–H and O–H groups in total. The third-order valence-electron chi connectivity index (χ3n) is 2.92. The predicted molar refractivity (Wildman–Crippen MR) is 76.7 cm³/mol. The van der Waals surface area contributed by atoms with E-state index >= 15 is 0 Å². The maximum Gasteiger partial charge on any atom is 0.138 e. The summed E-state index contributed by atoms with van der Waals surface area (Å²) in [6.07, 6.45) is 1.74. The molecule has 0 bridgehead atoms. The number of anilines is 1. The van der Waals surface area contributed by atoms with Crippen molar-refractivity contribution in [1.29, 1.82) is 0 Å². The van der Waals surface area contributed by atoms with E-state index in [2.05, 4.69) is 5.10 Å². The molecule has 0 aliphatic heterocycles. The molecule has 0 unspecified atom stereocenters. The van der Waals surface area contributed by atoms with E-state index in [1.54, 1.807) is 29.1 Å². The lowest BCUT2D eigenvalue weighted by molar-refractivity contribution is 0.488. The number of hydrogen-bond donors (Lipinski definition) is 1. The van der Waals surface area contributed by atoms with Crippen LogP contribution in [-0.4, -0.2) is 9.78 Å². The predicted octanol–water partition coefficient (Wildman–Crippen LogP) is 3.60. The van der Waals surface area contributed by atoms with Gasteiger partial charge in [-0.2, -0.15) is 5.10 Å². The SMILES string of the molecule is Cn1ncc2c(Oc3ccc(N)cc3)ccc(Cl)c21. The third kappa shape index (κ3) is 2.11. The van der Waals surface area contributed by atoms with Crippen LogP contribution in [0, 0.1) is 0 Å². The van der Waals surface area contributed by atoms with Crippen molar-refractivity contribution in [2.45, 2.75) is 0 Å². The van der Waals surface area contributed by atoms with Crippen molar-refractivity contribution in [2.75, 3.05) is 5.73 Å². The second-order valence-electron chi connectivity index (χ2n) is 4.25. The molecule has 4 nitrogen and oxygen atoms in total. The van der Waals surface area contributed by atoms with Gasteiger partial charge in [-0.1, -0.05) is 11.6 Å². The summed E-state index contributed by atoms with van der Waals surface area (Å²) in [4.78, 5) is 0. The van der Waals surface area contributed by atoms with Gasteiger partial charge >= 0.3 is 0 Å². The van der Waals surface area contributed by atoms with Gasteiger partial charge in [-0.3, -0.25) is 4.68 Å². The monoisotopic (exact) mass is 273 g/mol. The van der Waals surface area contributed by atoms with Gasteiger partial charge in [-0.25, -0.2) is 0 Å². The van der Waals surface area contributed by atoms with Crippen molar-refractivity contribution in [3.05, 3.63) is 47.6 Å². The first-order chi connectivity index (χ1) is 9.15. The summed E-state index contributed by atoms with van der Waals surface area (Å²) >= 11 is 6.17. The molecule has 0 aliphatic rings. The molecular weight excluding hydrogens is 262 g/mol. The molecule has 0 aliphatic carbocycles. The fourth-order valence-electron chi connectivity index (χ4n) is 1.97. The molecule has 3 rings (SSSR count). The standard InChI is InChI=1S/C14H12ClN3O/c1-18-14-11(8-17-18)13(7-6-12(14)15)19-10-4-2-9(16)3-5-10/h2-8H,16H2,1H3. The Balaban J connectivity index is 2.06. The zero-order chi connectivity index (χ0) is 13.4. The summed E-state index contributed by atoms with van der Waals surface area (Å²) in [7, 11) is 1.85. The number of halogens is 1. The smallest absolute Gasteiger partial charge is 0.138 e. The molecule has 0 amide bonds. The maximum absolute atomic E-state index is 6.17. The molecule has 0 radical (unpaired) electrons. The van der Waals surface area contributed by atoms with Gasteiger partial charge in [0.1, 0.15) is 11.5 Å². The fraction of sp³-hybridized carbons (Fsp3) is 0.0714. The summed E-state index contributed by atoms with van der Waals surface area (Å²) in [5, 5.41) is 5.74. The number of benzene rings is 2. The molecule has 96 valence electrons. The summed E-state index contributed by atoms with van der Waals surface area (Å²) in [6, 6.07) is 10.9. The highest BCUT2D eigenvalue weighted by atomic mass is 35.5. The number of rotatable bonds is 2. The van der Waals surface area contributed by atoms with Gasteiger partial charge in [0, 0.05) is 12.7 Å². The molecule has 0 fully saturated rings. The Morgan fingerprint density at radius 2 is 1.89 bits per heavy atom. The van der Waals surface area contributed by atoms with Gasteiger partial charge in [0.2, 0.25) is 0 Å². The van der Waals surface area contributed by atoms with E-state index in [-0.39, 0.29) is 0 Å². The quantitative estimate of drug-likeness (QED) is 0.726. The minimum atomic E-state index is 0.652. The lowest BCUT2D eigenvalue weighted by atomic mass is 10.2. The minimum Gasteiger partial charge on any atom is -0.457 e. The van der Waals surface area contributed by atoms with E-state index in [9.17, 15) is 0 Å². The van der Waals surface area contributed by atoms with E-state index in [0.717, 1.165) is 22.4 Å². The Morgan fingerprint density at radius 1 is 1.16 bits per heavy atom. The largest absolute Gasteiger partial charge is 0.457 e. The highest BCUT2D eigenvalue weighted by Crippen LogP contribution is 2.33. The minimum absolute atomic E-state index is 0.652. The summed E-state index contributed by atoms with van der Waals surface area (Å²) in [5.41, 5.74) is 7.21. The highest BCUT2D eigenvalue weighted by molar-refractivity contribution is 6.35. The van der Waals surface area contributed by atoms with Gasteiger partial charge in [0.15, 0.2) is 0 Å². The van der Waals surface area contributed by atoms with E-state index in [1.165, 1.54) is 0 Å². The lowest BCUT2D eigenvalue weighted by Gasteiger charge is -2.08. The molecule has 2 aromatic carbocycles. The topological polar surface area (TPSA) is 53.1 Å². The first kappa shape index (κ1) is 11.9. The first-order valence-corrected chi connectivity index (χ1v) is 6.16. The number of nitrogen functional groups attached to an aromatic ring is 1. The van der Waals surface area contributed by atoms with Crippen molar-refractivity contribution in [3.8, 4) is 11.5 Å². The van der Waals surface area contributed by atoms with Crippen LogP contribution in [0.15, 0.2) is 42.6 Å². The van der Waals surface area contributed by atoms with Crippen molar-refractivity contribution in [3.63, 3.8) is 0 Å². The average molecular weight is 274 g/mol. The maximum atomic E-state index is 6.17. The number of ether oxygens (including phenoxy) is 1. The van der Waals surface area contributed by atoms with E-state index in [1.807, 2.05) is 25.2 Å². The molecule has 3 aromatic rings. The fourth-order valence-corrected chi connectivity index (χ4v) is 2.26. The van der Waals surface area contributed by atoms with E-state index in [0.29, 0.717) is 10.7 Å². The zero-order valence-electron chi connectivity index (χ0n) is 10.3. The number of nitrogens with zero attached hydrogens (tertiary/aromatic N) is 2. The normalized spacial score (nSPS) is 10.8. The molecule has 5 heteroatoms. The van der Waals surface area contributed by atoms with Crippen LogP contribution < -0.4 is 10.5 Å². The Hall–Kier alpha value is -2.20. The van der Waals surface area contributed by atoms with E-state index < -0.39 is 0 Å². The number of aromatic nitrogens is 2. The number of aryl methyl sites for hydroxylation is 1. The van der Waals surface area contributed by atoms with Gasteiger partial charge in [-0.15, -0.1) is 0 Å². The van der Waals surface area contributed by atoms with Crippen LogP contribution in [-0.2, 0) is 7.05 Å². The average Bonchev–Trinajstić information content (AvgIpc) is 2.79. The Labute approximate surface area is 115 Å². The van der Waals surface area contributed by atoms with Crippen molar-refractivity contribution in [2.24, 2.45) is 7.05 Å². The molecule has 19 heavy (non-hydrogen) atoms. The summed E-state index contributed by atoms with van der Waals surface area (Å²) in [5.74, 6) is 1.44. The molecule has 1 aromatic heterocycles. The number of hydrogen-bond acceptors (Lipinski definition) is 3. The van der Waals surface area contributed by atoms with Gasteiger partial charge in [0.25, 0.3) is 0 Å². The van der Waals surface area contributed by atoms with Gasteiger partial charge < -0.3 is 10.5 Å². The molecular formula is C14H12ClN3O. The van der Waals surface area contributed by atoms with Crippen LogP contribution in [0.2, 0.25) is 5.02 Å². The number of nitrogens with two attached hydrogens (primary N) is 1. The van der Waals surface area contributed by atoms with Crippen LogP contribution in [0.1, 0.15) is 0 Å². The Morgan fingerprint density at radius 3 is 2.63 bits per heavy atom. The first-order valence-electron chi connectivity index (χ1n) is 5.79. The second-order valence-corrected chi connectivity index (χ2v) is 4.65. The van der Waals surface area contributed by atoms with Crippen molar-refractivity contribution >= 4 is 28.2 Å². The van der Waals surface area contributed by atoms with Gasteiger partial charge in [-0.05, 0) is 36.4 Å². The van der Waals surface area contributed by atoms with Gasteiger partial charge in [0.05, 0.1) is 22.1 Å². The second kappa shape index (κ2) is 4.48. The zero-order valence-corrected chi connectivity index (χ0v) is 11.1. The molecule has 0 saturated heterocycles. The van der Waals surface area contributed by atoms with Crippen LogP contribution in [0.4, 0.5) is 5.69 Å². The van der Waals surface area contributed by atoms with Crippen LogP contribution >= 0.6 is 11.6 Å². The molecule has 0 saturated carbocycles. The third-order valence-corrected chi connectivity index (χ3v) is 3.22. The molecule has 0 atom stereocenters. The van der Waals surface area contributed by atoms with Crippen LogP contribution in [0.5, 0.6) is 11.5 Å². The lowest BCUT2D eigenvalue weighted by Crippen LogP contribution is -1.91. The van der Waals surface area contributed by atoms with Crippen molar-refractivity contribution in [1.82, 2.24) is 9.78 Å². The molecule has 0 spiro atoms. The number of fused-ring (bicyclic) bond motifs is 1. The highest BCUT2D eigenvalue weighted by Gasteiger charge is 2.10. The Bertz CT molecular complexity index is 734. The molecule has 1 heterocycles. The Kier molecular flexibility index (Phi) is 2.80. The summed E-state index contributed by atoms with van der Waals surface area (Å²) in [6.45, 7) is 0. The summed E-state index contributed by atoms with van der Waals surface area (Å²) < 4.78 is 7.58.